The Morgan fingerprint density at radius 3 is 2.07 bits per heavy atom. The van der Waals surface area contributed by atoms with Crippen LogP contribution in [0.4, 0.5) is 0 Å². The van der Waals surface area contributed by atoms with Crippen molar-refractivity contribution in [2.75, 3.05) is 0 Å². The Bertz CT molecular complexity index is 2810. The SMILES string of the molecule is c1ccc(-c2nc(-n3c4ccccc4c4c5ccc(-c6ccc7oc8ccccc8c7c6)cc5ccc43)nc3ccccc23)cc1. The van der Waals surface area contributed by atoms with Gasteiger partial charge in [-0.3, -0.25) is 4.57 Å². The van der Waals surface area contributed by atoms with Gasteiger partial charge in [0.05, 0.1) is 22.2 Å². The van der Waals surface area contributed by atoms with Crippen LogP contribution in [0.5, 0.6) is 0 Å². The second-order valence-electron chi connectivity index (χ2n) is 11.8. The van der Waals surface area contributed by atoms with Gasteiger partial charge in [-0.15, -0.1) is 0 Å². The number of hydrogen-bond donors (Lipinski definition) is 0. The van der Waals surface area contributed by atoms with E-state index in [9.17, 15) is 0 Å². The number of aromatic nitrogens is 3. The first-order chi connectivity index (χ1) is 22.8. The van der Waals surface area contributed by atoms with E-state index in [0.717, 1.165) is 55.1 Å². The maximum atomic E-state index is 6.08. The molecule has 3 heterocycles. The predicted molar refractivity (Wildman–Crippen MR) is 190 cm³/mol. The highest BCUT2D eigenvalue weighted by atomic mass is 16.3. The first-order valence-corrected chi connectivity index (χ1v) is 15.5. The summed E-state index contributed by atoms with van der Waals surface area (Å²) in [5.41, 5.74) is 9.26. The fourth-order valence-corrected chi connectivity index (χ4v) is 7.08. The van der Waals surface area contributed by atoms with E-state index in [1.54, 1.807) is 0 Å². The Balaban J connectivity index is 1.20. The maximum absolute atomic E-state index is 6.08. The van der Waals surface area contributed by atoms with Gasteiger partial charge in [0.1, 0.15) is 11.2 Å². The molecule has 0 bridgehead atoms. The summed E-state index contributed by atoms with van der Waals surface area (Å²) in [6, 6.07) is 53.2. The van der Waals surface area contributed by atoms with Gasteiger partial charge in [-0.05, 0) is 64.4 Å². The van der Waals surface area contributed by atoms with Crippen molar-refractivity contribution >= 4 is 65.4 Å². The van der Waals surface area contributed by atoms with Crippen LogP contribution in [-0.2, 0) is 0 Å². The molecule has 10 rings (SSSR count). The average Bonchev–Trinajstić information content (AvgIpc) is 3.67. The standard InChI is InChI=1S/C42H25N3O/c1-2-10-26(11-3-1)41-32-13-4-7-15-35(32)43-42(44-41)45-36-16-8-5-14-33(36)40-30-21-18-27(24-29(30)19-22-37(40)45)28-20-23-39-34(25-28)31-12-6-9-17-38(31)46-39/h1-25H. The molecular weight excluding hydrogens is 562 g/mol. The van der Waals surface area contributed by atoms with E-state index in [0.29, 0.717) is 5.95 Å². The minimum atomic E-state index is 0.667. The van der Waals surface area contributed by atoms with Gasteiger partial charge < -0.3 is 4.42 Å². The fraction of sp³-hybridized carbons (Fsp3) is 0. The lowest BCUT2D eigenvalue weighted by Crippen LogP contribution is -2.03. The van der Waals surface area contributed by atoms with Gasteiger partial charge in [0.25, 0.3) is 0 Å². The largest absolute Gasteiger partial charge is 0.456 e. The molecule has 0 radical (unpaired) electrons. The van der Waals surface area contributed by atoms with Crippen LogP contribution in [0.1, 0.15) is 0 Å². The van der Waals surface area contributed by atoms with Crippen molar-refractivity contribution in [2.45, 2.75) is 0 Å². The first-order valence-electron chi connectivity index (χ1n) is 15.5. The van der Waals surface area contributed by atoms with E-state index in [4.69, 9.17) is 14.4 Å². The van der Waals surface area contributed by atoms with Gasteiger partial charge >= 0.3 is 0 Å². The molecule has 0 atom stereocenters. The van der Waals surface area contributed by atoms with Crippen LogP contribution in [-0.4, -0.2) is 14.5 Å². The van der Waals surface area contributed by atoms with Gasteiger partial charge in [0, 0.05) is 32.5 Å². The molecular formula is C42H25N3O. The summed E-state index contributed by atoms with van der Waals surface area (Å²) in [6.07, 6.45) is 0. The van der Waals surface area contributed by atoms with E-state index in [1.165, 1.54) is 32.7 Å². The molecule has 3 aromatic heterocycles. The van der Waals surface area contributed by atoms with Crippen molar-refractivity contribution in [3.63, 3.8) is 0 Å². The van der Waals surface area contributed by atoms with Crippen LogP contribution < -0.4 is 0 Å². The van der Waals surface area contributed by atoms with Crippen molar-refractivity contribution in [2.24, 2.45) is 0 Å². The third-order valence-corrected chi connectivity index (χ3v) is 9.20. The molecule has 0 amide bonds. The molecule has 0 saturated carbocycles. The number of para-hydroxylation sites is 3. The summed E-state index contributed by atoms with van der Waals surface area (Å²) in [7, 11) is 0. The molecule has 0 aliphatic rings. The minimum absolute atomic E-state index is 0.667. The van der Waals surface area contributed by atoms with E-state index >= 15 is 0 Å². The highest BCUT2D eigenvalue weighted by molar-refractivity contribution is 6.21. The van der Waals surface area contributed by atoms with Gasteiger partial charge in [-0.25, -0.2) is 9.97 Å². The van der Waals surface area contributed by atoms with Crippen molar-refractivity contribution in [3.8, 4) is 28.3 Å². The molecule has 7 aromatic carbocycles. The zero-order valence-corrected chi connectivity index (χ0v) is 24.7. The normalized spacial score (nSPS) is 11.9. The summed E-state index contributed by atoms with van der Waals surface area (Å²) in [5.74, 6) is 0.667. The van der Waals surface area contributed by atoms with Crippen molar-refractivity contribution in [1.82, 2.24) is 14.5 Å². The molecule has 10 aromatic rings. The first kappa shape index (κ1) is 25.1. The zero-order chi connectivity index (χ0) is 30.2. The Hall–Kier alpha value is -6.26. The molecule has 0 saturated heterocycles. The van der Waals surface area contributed by atoms with Crippen molar-refractivity contribution in [3.05, 3.63) is 152 Å². The highest BCUT2D eigenvalue weighted by Gasteiger charge is 2.19. The summed E-state index contributed by atoms with van der Waals surface area (Å²) in [4.78, 5) is 10.4. The zero-order valence-electron chi connectivity index (χ0n) is 24.7. The highest BCUT2D eigenvalue weighted by Crippen LogP contribution is 2.39. The number of nitrogens with zero attached hydrogens (tertiary/aromatic N) is 3. The van der Waals surface area contributed by atoms with Gasteiger partial charge in [0.15, 0.2) is 0 Å². The molecule has 4 nitrogen and oxygen atoms in total. The molecule has 0 aliphatic carbocycles. The topological polar surface area (TPSA) is 43.9 Å². The van der Waals surface area contributed by atoms with E-state index in [1.807, 2.05) is 30.3 Å². The van der Waals surface area contributed by atoms with E-state index in [-0.39, 0.29) is 0 Å². The monoisotopic (exact) mass is 587 g/mol. The Morgan fingerprint density at radius 2 is 1.15 bits per heavy atom. The molecule has 4 heteroatoms. The van der Waals surface area contributed by atoms with Gasteiger partial charge in [0.2, 0.25) is 5.95 Å². The van der Waals surface area contributed by atoms with Gasteiger partial charge in [-0.1, -0.05) is 109 Å². The number of rotatable bonds is 3. The molecule has 46 heavy (non-hydrogen) atoms. The third-order valence-electron chi connectivity index (χ3n) is 9.20. The Labute approximate surface area is 263 Å². The molecule has 0 spiro atoms. The average molecular weight is 588 g/mol. The molecule has 0 unspecified atom stereocenters. The lowest BCUT2D eigenvalue weighted by atomic mass is 9.97. The molecule has 214 valence electrons. The molecule has 0 fully saturated rings. The summed E-state index contributed by atoms with van der Waals surface area (Å²) < 4.78 is 8.30. The van der Waals surface area contributed by atoms with Crippen LogP contribution >= 0.6 is 0 Å². The van der Waals surface area contributed by atoms with Crippen LogP contribution in [0.25, 0.3) is 93.8 Å². The molecule has 0 N–H and O–H groups in total. The molecule has 0 aliphatic heterocycles. The smallest absolute Gasteiger partial charge is 0.235 e. The summed E-state index contributed by atoms with van der Waals surface area (Å²) >= 11 is 0. The summed E-state index contributed by atoms with van der Waals surface area (Å²) in [5, 5.41) is 8.09. The van der Waals surface area contributed by atoms with Crippen LogP contribution in [0.3, 0.4) is 0 Å². The van der Waals surface area contributed by atoms with E-state index in [2.05, 4.69) is 126 Å². The Kier molecular flexibility index (Phi) is 5.25. The van der Waals surface area contributed by atoms with Crippen LogP contribution in [0, 0.1) is 0 Å². The van der Waals surface area contributed by atoms with Gasteiger partial charge in [-0.2, -0.15) is 0 Å². The van der Waals surface area contributed by atoms with Crippen molar-refractivity contribution in [1.29, 1.82) is 0 Å². The second-order valence-corrected chi connectivity index (χ2v) is 11.8. The van der Waals surface area contributed by atoms with Crippen LogP contribution in [0.2, 0.25) is 0 Å². The number of benzene rings is 7. The fourth-order valence-electron chi connectivity index (χ4n) is 7.08. The Morgan fingerprint density at radius 1 is 0.435 bits per heavy atom. The summed E-state index contributed by atoms with van der Waals surface area (Å²) in [6.45, 7) is 0. The quantitative estimate of drug-likeness (QED) is 0.207. The minimum Gasteiger partial charge on any atom is -0.456 e. The lowest BCUT2D eigenvalue weighted by molar-refractivity contribution is 0.669. The van der Waals surface area contributed by atoms with Crippen LogP contribution in [0.15, 0.2) is 156 Å². The number of hydrogen-bond acceptors (Lipinski definition) is 3. The lowest BCUT2D eigenvalue weighted by Gasteiger charge is -2.12. The number of furan rings is 1. The second kappa shape index (κ2) is 9.62. The van der Waals surface area contributed by atoms with Crippen molar-refractivity contribution < 1.29 is 4.42 Å². The van der Waals surface area contributed by atoms with E-state index < -0.39 is 0 Å². The number of fused-ring (bicyclic) bond motifs is 9. The third kappa shape index (κ3) is 3.67. The maximum Gasteiger partial charge on any atom is 0.235 e. The predicted octanol–water partition coefficient (Wildman–Crippen LogP) is 11.1.